The smallest absolute Gasteiger partial charge is 0.872 e. The molecule has 0 aliphatic heterocycles. The molecule has 0 aliphatic carbocycles. The van der Waals surface area contributed by atoms with Crippen molar-refractivity contribution in [3.8, 4) is 16.9 Å². The Balaban J connectivity index is 0.00000398. The number of rotatable bonds is 3. The zero-order valence-corrected chi connectivity index (χ0v) is 29.0. The van der Waals surface area contributed by atoms with Gasteiger partial charge in [0, 0.05) is 0 Å². The quantitative estimate of drug-likeness (QED) is 0.408. The first-order valence-corrected chi connectivity index (χ1v) is 13.7. The zero-order chi connectivity index (χ0) is 27.7. The molecule has 0 bridgehead atoms. The Hall–Kier alpha value is -0.760. The SMILES string of the molecule is CC.CCC(C)c1cc(C(C)(C)C)c(-c2cc(C(C)(C)C)c([O-])c(C(C)(C)C)c2)c(C(C)(C)C)c1.[Na+]. The Labute approximate surface area is 247 Å². The summed E-state index contributed by atoms with van der Waals surface area (Å²) in [4.78, 5) is 0. The van der Waals surface area contributed by atoms with E-state index in [2.05, 4.69) is 121 Å². The molecule has 198 valence electrons. The van der Waals surface area contributed by atoms with Crippen LogP contribution in [0.15, 0.2) is 24.3 Å². The minimum atomic E-state index is -0.215. The largest absolute Gasteiger partial charge is 1.00 e. The molecule has 1 unspecified atom stereocenters. The zero-order valence-electron chi connectivity index (χ0n) is 27.0. The van der Waals surface area contributed by atoms with E-state index in [0.29, 0.717) is 5.92 Å². The molecular weight excluding hydrogens is 447 g/mol. The summed E-state index contributed by atoms with van der Waals surface area (Å²) in [5.74, 6) is 0.713. The summed E-state index contributed by atoms with van der Waals surface area (Å²) >= 11 is 0. The van der Waals surface area contributed by atoms with Gasteiger partial charge in [0.25, 0.3) is 0 Å². The molecule has 2 aromatic carbocycles. The van der Waals surface area contributed by atoms with E-state index in [0.717, 1.165) is 17.5 Å². The molecular formula is C34H55NaO. The van der Waals surface area contributed by atoms with Gasteiger partial charge in [0.15, 0.2) is 0 Å². The van der Waals surface area contributed by atoms with Crippen molar-refractivity contribution >= 4 is 0 Å². The average molecular weight is 503 g/mol. The summed E-state index contributed by atoms with van der Waals surface area (Å²) in [5.41, 5.74) is 8.05. The van der Waals surface area contributed by atoms with Gasteiger partial charge in [-0.05, 0) is 72.9 Å². The van der Waals surface area contributed by atoms with Crippen molar-refractivity contribution in [1.29, 1.82) is 0 Å². The molecule has 0 aromatic heterocycles. The second-order valence-corrected chi connectivity index (χ2v) is 14.2. The van der Waals surface area contributed by atoms with Crippen LogP contribution in [0.1, 0.15) is 151 Å². The van der Waals surface area contributed by atoms with E-state index < -0.39 is 0 Å². The van der Waals surface area contributed by atoms with Gasteiger partial charge in [0.05, 0.1) is 0 Å². The third kappa shape index (κ3) is 8.12. The molecule has 0 heterocycles. The van der Waals surface area contributed by atoms with Crippen molar-refractivity contribution < 1.29 is 34.7 Å². The van der Waals surface area contributed by atoms with Gasteiger partial charge >= 0.3 is 29.6 Å². The molecule has 0 saturated carbocycles. The maximum absolute atomic E-state index is 13.6. The normalized spacial score (nSPS) is 13.4. The first kappa shape index (κ1) is 35.2. The van der Waals surface area contributed by atoms with Gasteiger partial charge < -0.3 is 5.11 Å². The van der Waals surface area contributed by atoms with Crippen LogP contribution in [0.3, 0.4) is 0 Å². The van der Waals surface area contributed by atoms with Crippen LogP contribution in [0.4, 0.5) is 0 Å². The predicted molar refractivity (Wildman–Crippen MR) is 156 cm³/mol. The van der Waals surface area contributed by atoms with Crippen molar-refractivity contribution in [2.24, 2.45) is 0 Å². The first-order chi connectivity index (χ1) is 15.7. The Morgan fingerprint density at radius 1 is 0.611 bits per heavy atom. The fraction of sp³-hybridized carbons (Fsp3) is 0.647. The molecule has 1 atom stereocenters. The van der Waals surface area contributed by atoms with Crippen molar-refractivity contribution in [2.75, 3.05) is 0 Å². The molecule has 0 N–H and O–H groups in total. The van der Waals surface area contributed by atoms with Crippen LogP contribution < -0.4 is 34.7 Å². The van der Waals surface area contributed by atoms with Crippen LogP contribution in [-0.4, -0.2) is 0 Å². The summed E-state index contributed by atoms with van der Waals surface area (Å²) in [7, 11) is 0. The summed E-state index contributed by atoms with van der Waals surface area (Å²) in [5, 5.41) is 13.6. The van der Waals surface area contributed by atoms with E-state index in [1.807, 2.05) is 13.8 Å². The van der Waals surface area contributed by atoms with Crippen LogP contribution in [0.25, 0.3) is 11.1 Å². The molecule has 2 aromatic rings. The third-order valence-electron chi connectivity index (χ3n) is 6.95. The number of hydrogen-bond acceptors (Lipinski definition) is 1. The molecule has 36 heavy (non-hydrogen) atoms. The summed E-state index contributed by atoms with van der Waals surface area (Å²) in [6.45, 7) is 35.4. The molecule has 2 rings (SSSR count). The molecule has 0 amide bonds. The van der Waals surface area contributed by atoms with Gasteiger partial charge in [0.2, 0.25) is 0 Å². The van der Waals surface area contributed by atoms with E-state index in [-0.39, 0.29) is 57.0 Å². The Bertz CT molecular complexity index is 931. The molecule has 0 fully saturated rings. The van der Waals surface area contributed by atoms with Gasteiger partial charge in [-0.15, -0.1) is 5.75 Å². The summed E-state index contributed by atoms with van der Waals surface area (Å²) in [6.07, 6.45) is 1.12. The van der Waals surface area contributed by atoms with Crippen molar-refractivity contribution in [3.05, 3.63) is 52.1 Å². The Kier molecular flexibility index (Phi) is 12.1. The maximum Gasteiger partial charge on any atom is 1.00 e. The number of hydrogen-bond donors (Lipinski definition) is 0. The van der Waals surface area contributed by atoms with E-state index >= 15 is 0 Å². The summed E-state index contributed by atoms with van der Waals surface area (Å²) < 4.78 is 0. The second kappa shape index (κ2) is 12.4. The molecule has 2 heteroatoms. The van der Waals surface area contributed by atoms with Crippen LogP contribution in [-0.2, 0) is 21.7 Å². The molecule has 0 radical (unpaired) electrons. The van der Waals surface area contributed by atoms with Gasteiger partial charge in [-0.1, -0.05) is 135 Å². The number of benzene rings is 2. The predicted octanol–water partition coefficient (Wildman–Crippen LogP) is 7.16. The van der Waals surface area contributed by atoms with E-state index in [9.17, 15) is 5.11 Å². The topological polar surface area (TPSA) is 23.1 Å². The van der Waals surface area contributed by atoms with Crippen LogP contribution in [0, 0.1) is 0 Å². The van der Waals surface area contributed by atoms with Crippen molar-refractivity contribution in [2.45, 2.75) is 145 Å². The van der Waals surface area contributed by atoms with E-state index in [1.54, 1.807) is 0 Å². The van der Waals surface area contributed by atoms with Crippen molar-refractivity contribution in [3.63, 3.8) is 0 Å². The molecule has 1 nitrogen and oxygen atoms in total. The first-order valence-electron chi connectivity index (χ1n) is 13.7. The standard InChI is InChI=1S/C32H50O.C2H6.Na/c1-15-20(2)21-16-23(29(3,4)5)27(24(17-21)30(6,7)8)22-18-25(31(9,10)11)28(33)26(19-22)32(12,13)14;1-2;/h16-20,33H,15H2,1-14H3;1-2H3;/q;;+1/p-1. The fourth-order valence-electron chi connectivity index (χ4n) is 4.57. The van der Waals surface area contributed by atoms with Crippen molar-refractivity contribution in [1.82, 2.24) is 0 Å². The average Bonchev–Trinajstić information content (AvgIpc) is 2.71. The van der Waals surface area contributed by atoms with Crippen LogP contribution in [0.5, 0.6) is 5.75 Å². The Morgan fingerprint density at radius 3 is 1.17 bits per heavy atom. The van der Waals surface area contributed by atoms with Gasteiger partial charge in [-0.25, -0.2) is 0 Å². The van der Waals surface area contributed by atoms with Crippen LogP contribution in [0.2, 0.25) is 0 Å². The van der Waals surface area contributed by atoms with E-state index in [4.69, 9.17) is 0 Å². The molecule has 0 spiro atoms. The third-order valence-corrected chi connectivity index (χ3v) is 6.95. The summed E-state index contributed by atoms with van der Waals surface area (Å²) in [6, 6.07) is 9.27. The van der Waals surface area contributed by atoms with Gasteiger partial charge in [0.1, 0.15) is 0 Å². The maximum atomic E-state index is 13.6. The van der Waals surface area contributed by atoms with Gasteiger partial charge in [-0.2, -0.15) is 0 Å². The monoisotopic (exact) mass is 502 g/mol. The van der Waals surface area contributed by atoms with Gasteiger partial charge in [-0.3, -0.25) is 0 Å². The minimum Gasteiger partial charge on any atom is -0.872 e. The Morgan fingerprint density at radius 2 is 0.917 bits per heavy atom. The molecule has 0 aliphatic rings. The second-order valence-electron chi connectivity index (χ2n) is 14.2. The fourth-order valence-corrected chi connectivity index (χ4v) is 4.57. The molecule has 0 saturated heterocycles. The minimum absolute atomic E-state index is 0. The van der Waals surface area contributed by atoms with Crippen LogP contribution >= 0.6 is 0 Å². The van der Waals surface area contributed by atoms with E-state index in [1.165, 1.54) is 27.8 Å².